The quantitative estimate of drug-likeness (QED) is 0.665. The number of benzene rings is 2. The molecule has 0 spiro atoms. The molecule has 3 rings (SSSR count). The fourth-order valence-electron chi connectivity index (χ4n) is 2.79. The Kier molecular flexibility index (Phi) is 6.20. The third kappa shape index (κ3) is 5.17. The Morgan fingerprint density at radius 1 is 1.15 bits per heavy atom. The summed E-state index contributed by atoms with van der Waals surface area (Å²) in [5.74, 6) is -0.241. The molecule has 0 atom stereocenters. The molecule has 0 aliphatic heterocycles. The average Bonchev–Trinajstić information content (AvgIpc) is 3.22. The molecule has 0 saturated carbocycles. The molecule has 1 amide bonds. The van der Waals surface area contributed by atoms with Crippen molar-refractivity contribution in [2.75, 3.05) is 13.7 Å². The normalized spacial score (nSPS) is 10.6. The lowest BCUT2D eigenvalue weighted by atomic mass is 10.1. The highest BCUT2D eigenvalue weighted by atomic mass is 19.1. The highest BCUT2D eigenvalue weighted by molar-refractivity contribution is 5.76. The first kappa shape index (κ1) is 18.6. The number of ether oxygens (including phenoxy) is 1. The van der Waals surface area contributed by atoms with Gasteiger partial charge in [0.25, 0.3) is 0 Å². The zero-order valence-corrected chi connectivity index (χ0v) is 15.2. The first-order valence-corrected chi connectivity index (χ1v) is 8.84. The van der Waals surface area contributed by atoms with Gasteiger partial charge in [0.1, 0.15) is 0 Å². The van der Waals surface area contributed by atoms with Crippen molar-refractivity contribution in [2.24, 2.45) is 0 Å². The van der Waals surface area contributed by atoms with Crippen LogP contribution in [-0.2, 0) is 17.6 Å². The molecule has 1 N–H and O–H groups in total. The van der Waals surface area contributed by atoms with Gasteiger partial charge in [0.05, 0.1) is 12.8 Å². The van der Waals surface area contributed by atoms with Gasteiger partial charge in [0, 0.05) is 25.4 Å². The van der Waals surface area contributed by atoms with E-state index in [0.29, 0.717) is 19.4 Å². The van der Waals surface area contributed by atoms with Gasteiger partial charge in [-0.2, -0.15) is 5.10 Å². The summed E-state index contributed by atoms with van der Waals surface area (Å²) in [6, 6.07) is 14.7. The Labute approximate surface area is 157 Å². The lowest BCUT2D eigenvalue weighted by Gasteiger charge is -2.08. The molecule has 0 aliphatic rings. The first-order valence-electron chi connectivity index (χ1n) is 8.84. The van der Waals surface area contributed by atoms with Crippen LogP contribution < -0.4 is 10.1 Å². The monoisotopic (exact) mass is 367 g/mol. The molecule has 0 bridgehead atoms. The van der Waals surface area contributed by atoms with E-state index >= 15 is 0 Å². The van der Waals surface area contributed by atoms with Crippen LogP contribution in [-0.4, -0.2) is 29.3 Å². The Hall–Kier alpha value is -3.15. The lowest BCUT2D eigenvalue weighted by molar-refractivity contribution is -0.121. The maximum Gasteiger partial charge on any atom is 0.220 e. The number of hydrogen-bond acceptors (Lipinski definition) is 3. The molecule has 6 heteroatoms. The molecule has 1 heterocycles. The van der Waals surface area contributed by atoms with Crippen LogP contribution in [0.15, 0.2) is 60.9 Å². The summed E-state index contributed by atoms with van der Waals surface area (Å²) in [5, 5.41) is 7.10. The van der Waals surface area contributed by atoms with Gasteiger partial charge in [-0.05, 0) is 54.3 Å². The number of aryl methyl sites for hydroxylation is 1. The van der Waals surface area contributed by atoms with Crippen LogP contribution in [0.25, 0.3) is 5.69 Å². The number of carbonyl (C=O) groups is 1. The summed E-state index contributed by atoms with van der Waals surface area (Å²) >= 11 is 0. The second-order valence-corrected chi connectivity index (χ2v) is 6.19. The lowest BCUT2D eigenvalue weighted by Crippen LogP contribution is -2.25. The number of hydrogen-bond donors (Lipinski definition) is 1. The van der Waals surface area contributed by atoms with Gasteiger partial charge in [0.15, 0.2) is 11.6 Å². The van der Waals surface area contributed by atoms with Crippen molar-refractivity contribution in [3.63, 3.8) is 0 Å². The third-order valence-electron chi connectivity index (χ3n) is 4.30. The number of methoxy groups -OCH3 is 1. The van der Waals surface area contributed by atoms with Crippen LogP contribution in [0.2, 0.25) is 0 Å². The molecule has 0 fully saturated rings. The SMILES string of the molecule is COc1ccc(CCC(=O)NCCc2ccc(-n3cccn3)cc2)cc1F. The Bertz CT molecular complexity index is 877. The highest BCUT2D eigenvalue weighted by Gasteiger charge is 2.06. The summed E-state index contributed by atoms with van der Waals surface area (Å²) in [5.41, 5.74) is 2.92. The van der Waals surface area contributed by atoms with E-state index in [0.717, 1.165) is 23.2 Å². The molecule has 5 nitrogen and oxygen atoms in total. The van der Waals surface area contributed by atoms with E-state index in [2.05, 4.69) is 10.4 Å². The van der Waals surface area contributed by atoms with Gasteiger partial charge in [-0.3, -0.25) is 4.79 Å². The minimum absolute atomic E-state index is 0.0422. The third-order valence-corrected chi connectivity index (χ3v) is 4.30. The summed E-state index contributed by atoms with van der Waals surface area (Å²) in [7, 11) is 1.43. The van der Waals surface area contributed by atoms with E-state index in [1.807, 2.05) is 36.5 Å². The van der Waals surface area contributed by atoms with Crippen LogP contribution in [0.5, 0.6) is 5.75 Å². The molecule has 0 unspecified atom stereocenters. The van der Waals surface area contributed by atoms with E-state index in [1.165, 1.54) is 13.2 Å². The van der Waals surface area contributed by atoms with Crippen molar-refractivity contribution < 1.29 is 13.9 Å². The first-order chi connectivity index (χ1) is 13.2. The van der Waals surface area contributed by atoms with Crippen molar-refractivity contribution >= 4 is 5.91 Å². The van der Waals surface area contributed by atoms with E-state index in [-0.39, 0.29) is 11.7 Å². The van der Waals surface area contributed by atoms with Crippen LogP contribution >= 0.6 is 0 Å². The van der Waals surface area contributed by atoms with Crippen molar-refractivity contribution in [3.05, 3.63) is 77.9 Å². The van der Waals surface area contributed by atoms with Crippen molar-refractivity contribution in [1.82, 2.24) is 15.1 Å². The van der Waals surface area contributed by atoms with E-state index in [9.17, 15) is 9.18 Å². The van der Waals surface area contributed by atoms with E-state index < -0.39 is 5.82 Å². The highest BCUT2D eigenvalue weighted by Crippen LogP contribution is 2.18. The molecular weight excluding hydrogens is 345 g/mol. The standard InChI is InChI=1S/C21H22FN3O2/c1-27-20-9-5-17(15-19(20)22)6-10-21(26)23-13-11-16-3-7-18(8-4-16)25-14-2-12-24-25/h2-5,7-9,12,14-15H,6,10-11,13H2,1H3,(H,23,26). The van der Waals surface area contributed by atoms with Gasteiger partial charge in [-0.1, -0.05) is 18.2 Å². The summed E-state index contributed by atoms with van der Waals surface area (Å²) in [4.78, 5) is 12.0. The minimum atomic E-state index is -0.408. The summed E-state index contributed by atoms with van der Waals surface area (Å²) in [6.45, 7) is 0.566. The second-order valence-electron chi connectivity index (χ2n) is 6.19. The molecule has 1 aromatic heterocycles. The maximum atomic E-state index is 13.7. The fraction of sp³-hybridized carbons (Fsp3) is 0.238. The fourth-order valence-corrected chi connectivity index (χ4v) is 2.79. The van der Waals surface area contributed by atoms with Gasteiger partial charge < -0.3 is 10.1 Å². The molecule has 140 valence electrons. The average molecular weight is 367 g/mol. The Balaban J connectivity index is 1.41. The largest absolute Gasteiger partial charge is 0.494 e. The van der Waals surface area contributed by atoms with Crippen molar-refractivity contribution in [1.29, 1.82) is 0 Å². The van der Waals surface area contributed by atoms with Crippen LogP contribution in [0.3, 0.4) is 0 Å². The predicted octanol–water partition coefficient (Wildman–Crippen LogP) is 3.31. The van der Waals surface area contributed by atoms with Crippen LogP contribution in [0.1, 0.15) is 17.5 Å². The van der Waals surface area contributed by atoms with Crippen molar-refractivity contribution in [3.8, 4) is 11.4 Å². The number of aromatic nitrogens is 2. The smallest absolute Gasteiger partial charge is 0.220 e. The van der Waals surface area contributed by atoms with Crippen LogP contribution in [0, 0.1) is 5.82 Å². The van der Waals surface area contributed by atoms with E-state index in [1.54, 1.807) is 23.0 Å². The number of nitrogens with one attached hydrogen (secondary N) is 1. The summed E-state index contributed by atoms with van der Waals surface area (Å²) < 4.78 is 20.3. The van der Waals surface area contributed by atoms with E-state index in [4.69, 9.17) is 4.74 Å². The van der Waals surface area contributed by atoms with Gasteiger partial charge >= 0.3 is 0 Å². The predicted molar refractivity (Wildman–Crippen MR) is 102 cm³/mol. The minimum Gasteiger partial charge on any atom is -0.494 e. The zero-order chi connectivity index (χ0) is 19.1. The molecule has 2 aromatic carbocycles. The molecule has 0 aliphatic carbocycles. The molecule has 27 heavy (non-hydrogen) atoms. The number of nitrogens with zero attached hydrogens (tertiary/aromatic N) is 2. The summed E-state index contributed by atoms with van der Waals surface area (Å²) in [6.07, 6.45) is 5.20. The topological polar surface area (TPSA) is 56.1 Å². The number of halogens is 1. The number of amides is 1. The molecule has 3 aromatic rings. The van der Waals surface area contributed by atoms with Gasteiger partial charge in [-0.25, -0.2) is 9.07 Å². The number of carbonyl (C=O) groups excluding carboxylic acids is 1. The van der Waals surface area contributed by atoms with Crippen LogP contribution in [0.4, 0.5) is 4.39 Å². The molecular formula is C21H22FN3O2. The Morgan fingerprint density at radius 3 is 2.59 bits per heavy atom. The molecule has 0 radical (unpaired) electrons. The Morgan fingerprint density at radius 2 is 1.93 bits per heavy atom. The second kappa shape index (κ2) is 8.98. The molecule has 0 saturated heterocycles. The zero-order valence-electron chi connectivity index (χ0n) is 15.2. The van der Waals surface area contributed by atoms with Crippen molar-refractivity contribution in [2.45, 2.75) is 19.3 Å². The maximum absolute atomic E-state index is 13.7. The number of rotatable bonds is 8. The van der Waals surface area contributed by atoms with Gasteiger partial charge in [0.2, 0.25) is 5.91 Å². The van der Waals surface area contributed by atoms with Gasteiger partial charge in [-0.15, -0.1) is 0 Å².